The van der Waals surface area contributed by atoms with Crippen LogP contribution in [0.3, 0.4) is 0 Å². The summed E-state index contributed by atoms with van der Waals surface area (Å²) in [6, 6.07) is 9.91. The number of thioether (sulfide) groups is 2. The van der Waals surface area contributed by atoms with E-state index in [2.05, 4.69) is 9.97 Å². The first kappa shape index (κ1) is 14.5. The molecule has 0 aliphatic carbocycles. The first-order valence-corrected chi connectivity index (χ1v) is 7.45. The first-order chi connectivity index (χ1) is 9.61. The molecule has 0 bridgehead atoms. The molecule has 20 heavy (non-hydrogen) atoms. The van der Waals surface area contributed by atoms with Crippen LogP contribution in [-0.4, -0.2) is 15.1 Å². The van der Waals surface area contributed by atoms with Crippen LogP contribution < -0.4 is 5.73 Å². The molecule has 1 aromatic carbocycles. The Morgan fingerprint density at radius 2 is 2.00 bits per heavy atom. The predicted molar refractivity (Wildman–Crippen MR) is 80.3 cm³/mol. The van der Waals surface area contributed by atoms with Gasteiger partial charge in [0.25, 0.3) is 0 Å². The minimum Gasteiger partial charge on any atom is -0.492 e. The van der Waals surface area contributed by atoms with Gasteiger partial charge in [-0.15, -0.1) is 0 Å². The van der Waals surface area contributed by atoms with Gasteiger partial charge >= 0.3 is 0 Å². The molecule has 1 atom stereocenters. The number of aromatic hydroxyl groups is 1. The molecule has 2 rings (SSSR count). The summed E-state index contributed by atoms with van der Waals surface area (Å²) in [6.07, 6.45) is 0. The van der Waals surface area contributed by atoms with E-state index in [9.17, 15) is 5.11 Å². The van der Waals surface area contributed by atoms with Gasteiger partial charge in [0.2, 0.25) is 5.88 Å². The van der Waals surface area contributed by atoms with Gasteiger partial charge in [0.15, 0.2) is 5.16 Å². The van der Waals surface area contributed by atoms with E-state index in [1.165, 1.54) is 11.8 Å². The van der Waals surface area contributed by atoms with Crippen molar-refractivity contribution in [3.8, 4) is 11.3 Å². The van der Waals surface area contributed by atoms with Crippen molar-refractivity contribution in [2.24, 2.45) is 0 Å². The lowest BCUT2D eigenvalue weighted by atomic mass is 10.2. The second-order valence-corrected chi connectivity index (χ2v) is 6.01. The fourth-order valence-electron chi connectivity index (χ4n) is 1.58. The molecule has 5 nitrogen and oxygen atoms in total. The fraction of sp³-hybridized carbons (Fsp3) is 0.154. The Hall–Kier alpha value is -1.91. The van der Waals surface area contributed by atoms with E-state index in [1.54, 1.807) is 0 Å². The average Bonchev–Trinajstić information content (AvgIpc) is 2.44. The standard InChI is InChI=1S/C13H12N4OS2/c1-8(9-5-3-2-4-6-9)20-13-16-11(15)10(19-7-14)12(18)17-13/h2-6,8H,1H3,(H3,15,16,17,18)/t8-/m1/s1. The van der Waals surface area contributed by atoms with Crippen molar-refractivity contribution >= 4 is 29.3 Å². The van der Waals surface area contributed by atoms with Crippen molar-refractivity contribution in [3.05, 3.63) is 35.9 Å². The largest absolute Gasteiger partial charge is 0.492 e. The molecule has 0 saturated heterocycles. The molecule has 0 saturated carbocycles. The molecule has 0 radical (unpaired) electrons. The van der Waals surface area contributed by atoms with E-state index in [-0.39, 0.29) is 21.8 Å². The van der Waals surface area contributed by atoms with Crippen LogP contribution in [0.2, 0.25) is 0 Å². The van der Waals surface area contributed by atoms with E-state index < -0.39 is 0 Å². The van der Waals surface area contributed by atoms with Gasteiger partial charge in [-0.05, 0) is 24.2 Å². The molecule has 0 fully saturated rings. The fourth-order valence-corrected chi connectivity index (χ4v) is 2.86. The quantitative estimate of drug-likeness (QED) is 0.508. The second kappa shape index (κ2) is 6.50. The highest BCUT2D eigenvalue weighted by Gasteiger charge is 2.15. The summed E-state index contributed by atoms with van der Waals surface area (Å²) in [7, 11) is 0. The summed E-state index contributed by atoms with van der Waals surface area (Å²) >= 11 is 2.15. The van der Waals surface area contributed by atoms with Gasteiger partial charge in [-0.1, -0.05) is 42.1 Å². The van der Waals surface area contributed by atoms with Crippen molar-refractivity contribution in [2.75, 3.05) is 5.73 Å². The zero-order valence-electron chi connectivity index (χ0n) is 10.6. The number of anilines is 1. The van der Waals surface area contributed by atoms with E-state index >= 15 is 0 Å². The van der Waals surface area contributed by atoms with Gasteiger partial charge < -0.3 is 10.8 Å². The number of aromatic nitrogens is 2. The molecule has 1 heterocycles. The molecule has 0 aliphatic heterocycles. The van der Waals surface area contributed by atoms with E-state index in [1.807, 2.05) is 42.7 Å². The third-order valence-corrected chi connectivity index (χ3v) is 4.26. The Kier molecular flexibility index (Phi) is 4.71. The summed E-state index contributed by atoms with van der Waals surface area (Å²) in [5, 5.41) is 20.7. The van der Waals surface area contributed by atoms with Crippen LogP contribution in [0.25, 0.3) is 0 Å². The summed E-state index contributed by atoms with van der Waals surface area (Å²) in [5.74, 6) is -0.140. The molecular weight excluding hydrogens is 292 g/mol. The van der Waals surface area contributed by atoms with Gasteiger partial charge in [0.1, 0.15) is 16.1 Å². The van der Waals surface area contributed by atoms with Gasteiger partial charge in [0.05, 0.1) is 0 Å². The molecule has 0 amide bonds. The molecule has 1 aromatic heterocycles. The van der Waals surface area contributed by atoms with Crippen LogP contribution in [0, 0.1) is 10.7 Å². The van der Waals surface area contributed by atoms with E-state index in [0.717, 1.165) is 17.3 Å². The molecule has 0 spiro atoms. The third-order valence-electron chi connectivity index (χ3n) is 2.55. The molecule has 7 heteroatoms. The molecule has 3 N–H and O–H groups in total. The molecule has 2 aromatic rings. The van der Waals surface area contributed by atoms with Crippen molar-refractivity contribution in [2.45, 2.75) is 22.2 Å². The Balaban J connectivity index is 2.21. The Morgan fingerprint density at radius 1 is 1.30 bits per heavy atom. The number of nitrogen functional groups attached to an aromatic ring is 1. The van der Waals surface area contributed by atoms with Crippen molar-refractivity contribution in [1.29, 1.82) is 5.26 Å². The van der Waals surface area contributed by atoms with Crippen molar-refractivity contribution in [1.82, 2.24) is 9.97 Å². The van der Waals surface area contributed by atoms with Crippen LogP contribution in [0.4, 0.5) is 5.82 Å². The zero-order valence-corrected chi connectivity index (χ0v) is 12.3. The summed E-state index contributed by atoms with van der Waals surface area (Å²) in [5.41, 5.74) is 6.86. The van der Waals surface area contributed by atoms with Crippen LogP contribution in [0.5, 0.6) is 5.88 Å². The number of benzene rings is 1. The van der Waals surface area contributed by atoms with E-state index in [4.69, 9.17) is 11.0 Å². The third kappa shape index (κ3) is 3.35. The average molecular weight is 304 g/mol. The SMILES string of the molecule is C[C@@H](Sc1nc(N)c(SC#N)c(O)n1)c1ccccc1. The lowest BCUT2D eigenvalue weighted by Gasteiger charge is -2.11. The number of thiocyanates is 1. The van der Waals surface area contributed by atoms with E-state index in [0.29, 0.717) is 5.16 Å². The number of nitrogens with two attached hydrogens (primary N) is 1. The number of nitriles is 1. The number of nitrogens with zero attached hydrogens (tertiary/aromatic N) is 3. The minimum atomic E-state index is -0.258. The number of hydrogen-bond acceptors (Lipinski definition) is 7. The van der Waals surface area contributed by atoms with Crippen LogP contribution >= 0.6 is 23.5 Å². The number of hydrogen-bond donors (Lipinski definition) is 2. The highest BCUT2D eigenvalue weighted by molar-refractivity contribution is 8.04. The molecule has 0 unspecified atom stereocenters. The Bertz CT molecular complexity index is 620. The number of rotatable bonds is 4. The first-order valence-electron chi connectivity index (χ1n) is 5.76. The summed E-state index contributed by atoms with van der Waals surface area (Å²) < 4.78 is 0. The van der Waals surface area contributed by atoms with Gasteiger partial charge in [-0.25, -0.2) is 4.98 Å². The maximum atomic E-state index is 9.77. The normalized spacial score (nSPS) is 11.8. The van der Waals surface area contributed by atoms with Crippen LogP contribution in [0.1, 0.15) is 17.7 Å². The topological polar surface area (TPSA) is 95.8 Å². The van der Waals surface area contributed by atoms with Gasteiger partial charge in [-0.2, -0.15) is 10.2 Å². The molecule has 0 aliphatic rings. The summed E-state index contributed by atoms with van der Waals surface area (Å²) in [4.78, 5) is 8.29. The van der Waals surface area contributed by atoms with Crippen molar-refractivity contribution < 1.29 is 5.11 Å². The van der Waals surface area contributed by atoms with Gasteiger partial charge in [-0.3, -0.25) is 0 Å². The Morgan fingerprint density at radius 3 is 2.60 bits per heavy atom. The summed E-state index contributed by atoms with van der Waals surface area (Å²) in [6.45, 7) is 2.02. The maximum absolute atomic E-state index is 9.77. The zero-order chi connectivity index (χ0) is 14.5. The smallest absolute Gasteiger partial charge is 0.232 e. The lowest BCUT2D eigenvalue weighted by Crippen LogP contribution is -1.99. The predicted octanol–water partition coefficient (Wildman–Crippen LogP) is 3.19. The lowest BCUT2D eigenvalue weighted by molar-refractivity contribution is 0.432. The van der Waals surface area contributed by atoms with Crippen LogP contribution in [-0.2, 0) is 0 Å². The minimum absolute atomic E-state index is 0.117. The molecule has 102 valence electrons. The van der Waals surface area contributed by atoms with Crippen molar-refractivity contribution in [3.63, 3.8) is 0 Å². The Labute approximate surface area is 125 Å². The van der Waals surface area contributed by atoms with Crippen LogP contribution in [0.15, 0.2) is 40.4 Å². The second-order valence-electron chi connectivity index (χ2n) is 3.91. The van der Waals surface area contributed by atoms with Gasteiger partial charge in [0, 0.05) is 5.25 Å². The maximum Gasteiger partial charge on any atom is 0.232 e. The molecular formula is C13H12N4OS2. The monoisotopic (exact) mass is 304 g/mol. The highest BCUT2D eigenvalue weighted by atomic mass is 32.2. The highest BCUT2D eigenvalue weighted by Crippen LogP contribution is 2.37.